The highest BCUT2D eigenvalue weighted by Crippen LogP contribution is 2.38. The Morgan fingerprint density at radius 2 is 2.05 bits per heavy atom. The maximum absolute atomic E-state index is 6.05. The normalized spacial score (nSPS) is 18.3. The number of imidazole rings is 1. The van der Waals surface area contributed by atoms with Crippen LogP contribution < -0.4 is 10.5 Å². The minimum atomic E-state index is 0.218. The van der Waals surface area contributed by atoms with Crippen LogP contribution in [-0.2, 0) is 6.42 Å². The summed E-state index contributed by atoms with van der Waals surface area (Å²) in [6, 6.07) is 3.82. The van der Waals surface area contributed by atoms with E-state index in [9.17, 15) is 0 Å². The van der Waals surface area contributed by atoms with Crippen molar-refractivity contribution in [3.8, 4) is 5.88 Å². The maximum atomic E-state index is 6.05. The number of hydrogen-bond acceptors (Lipinski definition) is 4. The fourth-order valence-corrected chi connectivity index (χ4v) is 3.23. The highest BCUT2D eigenvalue weighted by atomic mass is 16.5. The van der Waals surface area contributed by atoms with Gasteiger partial charge in [0.15, 0.2) is 5.65 Å². The molecule has 0 amide bonds. The fourth-order valence-electron chi connectivity index (χ4n) is 3.23. The molecule has 2 aromatic rings. The van der Waals surface area contributed by atoms with E-state index in [-0.39, 0.29) is 5.41 Å². The van der Waals surface area contributed by atoms with Crippen molar-refractivity contribution in [2.24, 2.45) is 11.1 Å². The van der Waals surface area contributed by atoms with Crippen LogP contribution in [0.2, 0.25) is 0 Å². The molecule has 2 aromatic heterocycles. The highest BCUT2D eigenvalue weighted by Gasteiger charge is 2.31. The molecule has 2 heterocycles. The molecule has 1 aliphatic rings. The molecule has 3 N–H and O–H groups in total. The molecule has 1 aliphatic carbocycles. The number of nitrogens with two attached hydrogens (primary N) is 1. The third-order valence-electron chi connectivity index (χ3n) is 4.47. The monoisotopic (exact) mass is 274 g/mol. The summed E-state index contributed by atoms with van der Waals surface area (Å²) in [6.45, 7) is 0.737. The third kappa shape index (κ3) is 2.50. The van der Waals surface area contributed by atoms with Crippen LogP contribution in [0.4, 0.5) is 0 Å². The molecule has 0 aromatic carbocycles. The fraction of sp³-hybridized carbons (Fsp3) is 0.600. The van der Waals surface area contributed by atoms with Gasteiger partial charge in [-0.3, -0.25) is 0 Å². The first-order valence-electron chi connectivity index (χ1n) is 7.34. The second-order valence-electron chi connectivity index (χ2n) is 5.85. The molecule has 1 fully saturated rings. The number of pyridine rings is 1. The van der Waals surface area contributed by atoms with E-state index in [1.807, 2.05) is 12.1 Å². The Kier molecular flexibility index (Phi) is 3.61. The van der Waals surface area contributed by atoms with Gasteiger partial charge in [-0.1, -0.05) is 19.3 Å². The topological polar surface area (TPSA) is 76.8 Å². The molecule has 3 rings (SSSR count). The predicted octanol–water partition coefficient (Wildman–Crippen LogP) is 2.42. The second-order valence-corrected chi connectivity index (χ2v) is 5.85. The largest absolute Gasteiger partial charge is 0.481 e. The van der Waals surface area contributed by atoms with E-state index in [4.69, 9.17) is 10.5 Å². The van der Waals surface area contributed by atoms with E-state index in [2.05, 4.69) is 15.0 Å². The number of H-pyrrole nitrogens is 1. The summed E-state index contributed by atoms with van der Waals surface area (Å²) in [6.07, 6.45) is 7.23. The Morgan fingerprint density at radius 1 is 1.25 bits per heavy atom. The number of nitrogens with one attached hydrogen (secondary N) is 1. The summed E-state index contributed by atoms with van der Waals surface area (Å²) in [5.74, 6) is 1.59. The first-order valence-corrected chi connectivity index (χ1v) is 7.34. The molecule has 0 radical (unpaired) electrons. The van der Waals surface area contributed by atoms with E-state index >= 15 is 0 Å². The molecule has 0 atom stereocenters. The zero-order chi connectivity index (χ0) is 14.0. The van der Waals surface area contributed by atoms with Crippen LogP contribution in [0.25, 0.3) is 11.2 Å². The number of rotatable bonds is 4. The number of fused-ring (bicyclic) bond motifs is 1. The molecule has 0 bridgehead atoms. The molecule has 0 aliphatic heterocycles. The van der Waals surface area contributed by atoms with Crippen LogP contribution in [0.5, 0.6) is 5.88 Å². The average Bonchev–Trinajstić information content (AvgIpc) is 2.89. The SMILES string of the molecule is COc1ccc2[nH]c(CC3(CN)CCCCC3)nc2n1. The Morgan fingerprint density at radius 3 is 2.75 bits per heavy atom. The minimum absolute atomic E-state index is 0.218. The maximum Gasteiger partial charge on any atom is 0.215 e. The summed E-state index contributed by atoms with van der Waals surface area (Å²) >= 11 is 0. The second kappa shape index (κ2) is 5.40. The number of ether oxygens (including phenoxy) is 1. The Labute approximate surface area is 118 Å². The van der Waals surface area contributed by atoms with Gasteiger partial charge in [0.25, 0.3) is 0 Å². The Balaban J connectivity index is 1.86. The zero-order valence-electron chi connectivity index (χ0n) is 12.0. The van der Waals surface area contributed by atoms with Gasteiger partial charge in [-0.2, -0.15) is 4.98 Å². The van der Waals surface area contributed by atoms with Gasteiger partial charge < -0.3 is 15.5 Å². The quantitative estimate of drug-likeness (QED) is 0.897. The highest BCUT2D eigenvalue weighted by molar-refractivity contribution is 5.71. The van der Waals surface area contributed by atoms with Crippen molar-refractivity contribution in [3.63, 3.8) is 0 Å². The van der Waals surface area contributed by atoms with E-state index in [0.29, 0.717) is 5.88 Å². The zero-order valence-corrected chi connectivity index (χ0v) is 12.0. The van der Waals surface area contributed by atoms with Crippen molar-refractivity contribution in [2.75, 3.05) is 13.7 Å². The predicted molar refractivity (Wildman–Crippen MR) is 78.7 cm³/mol. The van der Waals surface area contributed by atoms with Crippen LogP contribution in [0.3, 0.4) is 0 Å². The van der Waals surface area contributed by atoms with Gasteiger partial charge in [0.1, 0.15) is 5.82 Å². The van der Waals surface area contributed by atoms with E-state index < -0.39 is 0 Å². The number of aromatic nitrogens is 3. The summed E-state index contributed by atoms with van der Waals surface area (Å²) < 4.78 is 5.14. The molecule has 5 heteroatoms. The van der Waals surface area contributed by atoms with Crippen molar-refractivity contribution >= 4 is 11.2 Å². The lowest BCUT2D eigenvalue weighted by Gasteiger charge is -2.35. The van der Waals surface area contributed by atoms with Gasteiger partial charge in [0.05, 0.1) is 12.6 Å². The van der Waals surface area contributed by atoms with Crippen molar-refractivity contribution < 1.29 is 4.74 Å². The first-order chi connectivity index (χ1) is 9.74. The van der Waals surface area contributed by atoms with Gasteiger partial charge in [-0.15, -0.1) is 0 Å². The van der Waals surface area contributed by atoms with E-state index in [1.165, 1.54) is 32.1 Å². The van der Waals surface area contributed by atoms with E-state index in [0.717, 1.165) is 30.0 Å². The van der Waals surface area contributed by atoms with Gasteiger partial charge in [0, 0.05) is 12.5 Å². The van der Waals surface area contributed by atoms with Crippen molar-refractivity contribution in [2.45, 2.75) is 38.5 Å². The average molecular weight is 274 g/mol. The first kappa shape index (κ1) is 13.4. The molecule has 0 spiro atoms. The van der Waals surface area contributed by atoms with Crippen LogP contribution >= 0.6 is 0 Å². The molecular formula is C15H22N4O. The van der Waals surface area contributed by atoms with Gasteiger partial charge in [-0.25, -0.2) is 4.98 Å². The summed E-state index contributed by atoms with van der Waals surface area (Å²) in [7, 11) is 1.62. The summed E-state index contributed by atoms with van der Waals surface area (Å²) in [5, 5.41) is 0. The van der Waals surface area contributed by atoms with E-state index in [1.54, 1.807) is 7.11 Å². The van der Waals surface area contributed by atoms with Crippen molar-refractivity contribution in [1.29, 1.82) is 0 Å². The van der Waals surface area contributed by atoms with Crippen LogP contribution in [0.1, 0.15) is 37.9 Å². The number of nitrogens with zero attached hydrogens (tertiary/aromatic N) is 2. The number of aromatic amines is 1. The van der Waals surface area contributed by atoms with Crippen LogP contribution in [0.15, 0.2) is 12.1 Å². The Bertz CT molecular complexity index is 587. The van der Waals surface area contributed by atoms with Gasteiger partial charge in [-0.05, 0) is 30.9 Å². The lowest BCUT2D eigenvalue weighted by molar-refractivity contribution is 0.194. The van der Waals surface area contributed by atoms with Crippen LogP contribution in [-0.4, -0.2) is 28.6 Å². The summed E-state index contributed by atoms with van der Waals surface area (Å²) in [5.41, 5.74) is 7.95. The lowest BCUT2D eigenvalue weighted by Crippen LogP contribution is -2.35. The molecule has 5 nitrogen and oxygen atoms in total. The van der Waals surface area contributed by atoms with Gasteiger partial charge >= 0.3 is 0 Å². The molecule has 108 valence electrons. The molecular weight excluding hydrogens is 252 g/mol. The number of methoxy groups -OCH3 is 1. The smallest absolute Gasteiger partial charge is 0.215 e. The van der Waals surface area contributed by atoms with Crippen molar-refractivity contribution in [3.05, 3.63) is 18.0 Å². The Hall–Kier alpha value is -1.62. The van der Waals surface area contributed by atoms with Gasteiger partial charge in [0.2, 0.25) is 5.88 Å². The lowest BCUT2D eigenvalue weighted by atomic mass is 9.72. The van der Waals surface area contributed by atoms with Crippen molar-refractivity contribution in [1.82, 2.24) is 15.0 Å². The molecule has 0 saturated heterocycles. The minimum Gasteiger partial charge on any atom is -0.481 e. The third-order valence-corrected chi connectivity index (χ3v) is 4.47. The van der Waals surface area contributed by atoms with Crippen LogP contribution in [0, 0.1) is 5.41 Å². The number of hydrogen-bond donors (Lipinski definition) is 2. The molecule has 0 unspecified atom stereocenters. The molecule has 20 heavy (non-hydrogen) atoms. The standard InChI is InChI=1S/C15H22N4O/c1-20-13-6-5-11-14(19-13)18-12(17-11)9-15(10-16)7-3-2-4-8-15/h5-6H,2-4,7-10,16H2,1H3,(H,17,18,19). The molecule has 1 saturated carbocycles. The summed E-state index contributed by atoms with van der Waals surface area (Å²) in [4.78, 5) is 12.3.